The smallest absolute Gasteiger partial charge is 0.456 e. The number of allylic oxidation sites excluding steroid dienone is 21. The number of quaternary nitrogens is 1. The van der Waals surface area contributed by atoms with Crippen LogP contribution in [0, 0.1) is 0 Å². The van der Waals surface area contributed by atoms with Gasteiger partial charge in [-0.1, -0.05) is 264 Å². The third kappa shape index (κ3) is 58.6. The number of hydrogen-bond donors (Lipinski definition) is 2. The Morgan fingerprint density at radius 2 is 0.861 bits per heavy atom. The van der Waals surface area contributed by atoms with Gasteiger partial charge in [0.1, 0.15) is 19.3 Å². The van der Waals surface area contributed by atoms with Crippen molar-refractivity contribution in [1.82, 2.24) is 5.32 Å². The first-order valence-corrected chi connectivity index (χ1v) is 33.1. The molecule has 0 bridgehead atoms. The van der Waals surface area contributed by atoms with E-state index in [1.54, 1.807) is 0 Å². The van der Waals surface area contributed by atoms with E-state index in [9.17, 15) is 19.0 Å². The topological polar surface area (TPSA) is 111 Å². The Morgan fingerprint density at radius 1 is 0.468 bits per heavy atom. The van der Waals surface area contributed by atoms with Gasteiger partial charge >= 0.3 is 13.8 Å². The van der Waals surface area contributed by atoms with Crippen molar-refractivity contribution in [2.75, 3.05) is 40.9 Å². The zero-order valence-corrected chi connectivity index (χ0v) is 52.2. The minimum atomic E-state index is -4.47. The van der Waals surface area contributed by atoms with Gasteiger partial charge < -0.3 is 19.4 Å². The molecular weight excluding hydrogens is 1000 g/mol. The van der Waals surface area contributed by atoms with Crippen LogP contribution in [0.5, 0.6) is 0 Å². The van der Waals surface area contributed by atoms with Gasteiger partial charge in [-0.15, -0.1) is 0 Å². The highest BCUT2D eigenvalue weighted by Crippen LogP contribution is 2.43. The predicted molar refractivity (Wildman–Crippen MR) is 341 cm³/mol. The Labute approximate surface area is 485 Å². The molecule has 9 nitrogen and oxygen atoms in total. The number of carbonyl (C=O) groups excluding carboxylic acids is 2. The third-order valence-corrected chi connectivity index (χ3v) is 14.2. The standard InChI is InChI=1S/C69H117N2O7P/c1-7-10-13-16-19-22-25-27-29-31-32-33-34-35-36-37-38-40-42-44-47-50-53-56-59-62-69(73)78-67(60-57-54-51-48-45-24-21-18-15-12-9-3)66(65-77-79(74,75)76-64-63-71(4,5)6)70-68(72)61-58-55-52-49-46-43-41-39-30-28-26-23-20-17-14-11-8-2/h11,14,17,19-20,22-23,26-30,32-33,35-36,39,41,43,46,57,60,66-67H,7-10,12-13,15-16,18,21,24-25,31,34,37-38,40,42,44-45,47-56,58-59,61-65H2,1-6H3,(H-,70,72,74,75)/p+1/b14-11-,20-17+,22-19-,26-23+,29-27-,30-28-,33-32-,36-35-,41-39+,46-43+,60-57-. The Morgan fingerprint density at radius 3 is 1.37 bits per heavy atom. The van der Waals surface area contributed by atoms with Crippen LogP contribution in [0.4, 0.5) is 0 Å². The molecule has 79 heavy (non-hydrogen) atoms. The molecule has 0 spiro atoms. The molecule has 0 aromatic heterocycles. The SMILES string of the molecule is CC\C=C/C=C/C=C/C=C\C=C\C=C\CCCCCC(=O)NC(COP(=O)(O)OCC[N+](C)(C)C)C(/C=C\CCCCCCCCCCC)OC(=O)CCCCCCCCCCC/C=C\C/C=C\C/C=C\C/C=C\CCCCC. The zero-order chi connectivity index (χ0) is 57.9. The summed E-state index contributed by atoms with van der Waals surface area (Å²) in [5, 5.41) is 3.02. The average molecular weight is 1120 g/mol. The maximum atomic E-state index is 13.5. The summed E-state index contributed by atoms with van der Waals surface area (Å²) in [4.78, 5) is 37.7. The van der Waals surface area contributed by atoms with Crippen molar-refractivity contribution in [1.29, 1.82) is 0 Å². The predicted octanol–water partition coefficient (Wildman–Crippen LogP) is 19.7. The number of phosphoric ester groups is 1. The number of ether oxygens (including phenoxy) is 1. The molecule has 0 aliphatic rings. The first kappa shape index (κ1) is 75.2. The van der Waals surface area contributed by atoms with Crippen LogP contribution in [0.15, 0.2) is 134 Å². The number of likely N-dealkylation sites (N-methyl/N-ethyl adjacent to an activating group) is 1. The van der Waals surface area contributed by atoms with E-state index in [1.807, 2.05) is 94.1 Å². The van der Waals surface area contributed by atoms with E-state index in [2.05, 4.69) is 86.8 Å². The lowest BCUT2D eigenvalue weighted by molar-refractivity contribution is -0.870. The molecule has 3 atom stereocenters. The van der Waals surface area contributed by atoms with Gasteiger partial charge in [0.2, 0.25) is 5.91 Å². The van der Waals surface area contributed by atoms with Gasteiger partial charge in [-0.3, -0.25) is 18.6 Å². The fourth-order valence-electron chi connectivity index (χ4n) is 8.37. The number of unbranched alkanes of at least 4 members (excludes halogenated alkanes) is 24. The summed E-state index contributed by atoms with van der Waals surface area (Å²) in [6, 6.07) is -0.884. The minimum absolute atomic E-state index is 0.0223. The fraction of sp³-hybridized carbons (Fsp3) is 0.652. The molecule has 0 aliphatic heterocycles. The first-order valence-electron chi connectivity index (χ1n) is 31.6. The van der Waals surface area contributed by atoms with Gasteiger partial charge in [-0.05, 0) is 96.0 Å². The molecule has 0 saturated carbocycles. The summed E-state index contributed by atoms with van der Waals surface area (Å²) in [5.41, 5.74) is 0. The Bertz CT molecular complexity index is 1810. The molecule has 0 saturated heterocycles. The van der Waals surface area contributed by atoms with Crippen LogP contribution in [0.3, 0.4) is 0 Å². The van der Waals surface area contributed by atoms with E-state index in [0.717, 1.165) is 96.3 Å². The number of amides is 1. The summed E-state index contributed by atoms with van der Waals surface area (Å²) in [7, 11) is 1.44. The van der Waals surface area contributed by atoms with Crippen LogP contribution in [0.1, 0.15) is 239 Å². The number of nitrogens with one attached hydrogen (secondary N) is 1. The van der Waals surface area contributed by atoms with E-state index >= 15 is 0 Å². The maximum Gasteiger partial charge on any atom is 0.472 e. The van der Waals surface area contributed by atoms with Crippen molar-refractivity contribution in [3.05, 3.63) is 134 Å². The highest BCUT2D eigenvalue weighted by Gasteiger charge is 2.30. The molecule has 2 N–H and O–H groups in total. The first-order chi connectivity index (χ1) is 38.4. The highest BCUT2D eigenvalue weighted by molar-refractivity contribution is 7.47. The number of esters is 1. The van der Waals surface area contributed by atoms with Gasteiger partial charge in [0.05, 0.1) is 33.8 Å². The maximum absolute atomic E-state index is 13.5. The molecule has 0 radical (unpaired) electrons. The third-order valence-electron chi connectivity index (χ3n) is 13.2. The molecule has 10 heteroatoms. The van der Waals surface area contributed by atoms with Crippen molar-refractivity contribution in [3.63, 3.8) is 0 Å². The monoisotopic (exact) mass is 1120 g/mol. The molecule has 0 fully saturated rings. The fourth-order valence-corrected chi connectivity index (χ4v) is 9.10. The normalized spacial score (nSPS) is 14.6. The molecule has 0 heterocycles. The van der Waals surface area contributed by atoms with Crippen LogP contribution >= 0.6 is 7.82 Å². The summed E-state index contributed by atoms with van der Waals surface area (Å²) in [6.07, 6.45) is 81.7. The summed E-state index contributed by atoms with van der Waals surface area (Å²) in [6.45, 7) is 6.77. The van der Waals surface area contributed by atoms with Crippen molar-refractivity contribution in [2.45, 2.75) is 251 Å². The zero-order valence-electron chi connectivity index (χ0n) is 51.3. The molecule has 0 aromatic rings. The van der Waals surface area contributed by atoms with Gasteiger partial charge in [0, 0.05) is 12.8 Å². The summed E-state index contributed by atoms with van der Waals surface area (Å²) >= 11 is 0. The lowest BCUT2D eigenvalue weighted by Crippen LogP contribution is -2.47. The van der Waals surface area contributed by atoms with E-state index in [-0.39, 0.29) is 37.9 Å². The lowest BCUT2D eigenvalue weighted by Gasteiger charge is -2.27. The van der Waals surface area contributed by atoms with Crippen LogP contribution in [-0.4, -0.2) is 74.3 Å². The second-order valence-electron chi connectivity index (χ2n) is 22.0. The largest absolute Gasteiger partial charge is 0.472 e. The highest BCUT2D eigenvalue weighted by atomic mass is 31.2. The second-order valence-corrected chi connectivity index (χ2v) is 23.5. The van der Waals surface area contributed by atoms with Crippen molar-refractivity contribution < 1.29 is 37.3 Å². The molecular formula is C69H118N2O7P+. The average Bonchev–Trinajstić information content (AvgIpc) is 3.41. The number of phosphoric acid groups is 1. The molecule has 0 aliphatic carbocycles. The molecule has 0 aromatic carbocycles. The van der Waals surface area contributed by atoms with Gasteiger partial charge in [-0.2, -0.15) is 0 Å². The minimum Gasteiger partial charge on any atom is -0.456 e. The number of rotatable bonds is 55. The Kier molecular flexibility index (Phi) is 54.6. The number of nitrogens with zero attached hydrogens (tertiary/aromatic N) is 1. The molecule has 450 valence electrons. The van der Waals surface area contributed by atoms with Gasteiger partial charge in [-0.25, -0.2) is 4.57 Å². The van der Waals surface area contributed by atoms with E-state index < -0.39 is 20.0 Å². The Hall–Kier alpha value is -3.85. The molecule has 0 rings (SSSR count). The van der Waals surface area contributed by atoms with Crippen LogP contribution in [-0.2, 0) is 27.9 Å². The lowest BCUT2D eigenvalue weighted by atomic mass is 10.1. The van der Waals surface area contributed by atoms with Crippen LogP contribution in [0.2, 0.25) is 0 Å². The van der Waals surface area contributed by atoms with Crippen molar-refractivity contribution in [3.8, 4) is 0 Å². The number of hydrogen-bond acceptors (Lipinski definition) is 6. The van der Waals surface area contributed by atoms with Crippen LogP contribution < -0.4 is 5.32 Å². The summed E-state index contributed by atoms with van der Waals surface area (Å²) < 4.78 is 30.6. The summed E-state index contributed by atoms with van der Waals surface area (Å²) in [5.74, 6) is -0.573. The van der Waals surface area contributed by atoms with Crippen LogP contribution in [0.25, 0.3) is 0 Å². The van der Waals surface area contributed by atoms with E-state index in [0.29, 0.717) is 17.4 Å². The van der Waals surface area contributed by atoms with E-state index in [1.165, 1.54) is 103 Å². The van der Waals surface area contributed by atoms with E-state index in [4.69, 9.17) is 13.8 Å². The number of carbonyl (C=O) groups is 2. The van der Waals surface area contributed by atoms with Gasteiger partial charge in [0.25, 0.3) is 0 Å². The molecule has 3 unspecified atom stereocenters. The van der Waals surface area contributed by atoms with Crippen molar-refractivity contribution in [2.24, 2.45) is 0 Å². The van der Waals surface area contributed by atoms with Gasteiger partial charge in [0.15, 0.2) is 0 Å². The molecule has 1 amide bonds. The Balaban J connectivity index is 5.24. The quantitative estimate of drug-likeness (QED) is 0.0156. The second kappa shape index (κ2) is 57.4. The van der Waals surface area contributed by atoms with Crippen molar-refractivity contribution >= 4 is 19.7 Å².